The Bertz CT molecular complexity index is 738. The number of aliphatic imine (C=N–C) groups is 1. The summed E-state index contributed by atoms with van der Waals surface area (Å²) < 4.78 is 2.27. The van der Waals surface area contributed by atoms with Gasteiger partial charge in [0.2, 0.25) is 0 Å². The van der Waals surface area contributed by atoms with Gasteiger partial charge in [-0.2, -0.15) is 0 Å². The molecule has 7 nitrogen and oxygen atoms in total. The molecule has 152 valence electrons. The lowest BCUT2D eigenvalue weighted by atomic mass is 10.2. The van der Waals surface area contributed by atoms with Gasteiger partial charge in [-0.25, -0.2) is 0 Å². The summed E-state index contributed by atoms with van der Waals surface area (Å²) in [5, 5.41) is 15.5. The van der Waals surface area contributed by atoms with E-state index in [9.17, 15) is 0 Å². The molecule has 1 aromatic heterocycles. The lowest BCUT2D eigenvalue weighted by Crippen LogP contribution is -2.39. The molecule has 1 aromatic carbocycles. The average Bonchev–Trinajstić information content (AvgIpc) is 2.97. The molecule has 0 saturated heterocycles. The van der Waals surface area contributed by atoms with E-state index in [-0.39, 0.29) is 0 Å². The van der Waals surface area contributed by atoms with Gasteiger partial charge in [0.1, 0.15) is 5.82 Å². The maximum atomic E-state index is 4.37. The first-order valence-corrected chi connectivity index (χ1v) is 10.5. The Morgan fingerprint density at radius 3 is 2.79 bits per heavy atom. The van der Waals surface area contributed by atoms with Gasteiger partial charge in [-0.3, -0.25) is 4.99 Å². The number of nitrogens with zero attached hydrogens (tertiary/aromatic N) is 5. The number of aromatic nitrogens is 3. The topological polar surface area (TPSA) is 70.4 Å². The van der Waals surface area contributed by atoms with Gasteiger partial charge in [0.15, 0.2) is 11.8 Å². The van der Waals surface area contributed by atoms with Crippen molar-refractivity contribution in [3.63, 3.8) is 0 Å². The van der Waals surface area contributed by atoms with Gasteiger partial charge in [0.25, 0.3) is 0 Å². The van der Waals surface area contributed by atoms with Crippen molar-refractivity contribution in [1.29, 1.82) is 0 Å². The van der Waals surface area contributed by atoms with Crippen LogP contribution >= 0.6 is 0 Å². The molecule has 3 rings (SSSR count). The quantitative estimate of drug-likeness (QED) is 0.417. The summed E-state index contributed by atoms with van der Waals surface area (Å²) in [5.74, 6) is 2.94. The summed E-state index contributed by atoms with van der Waals surface area (Å²) in [6.07, 6.45) is 5.78. The maximum absolute atomic E-state index is 4.37. The first-order valence-electron chi connectivity index (χ1n) is 10.5. The minimum atomic E-state index is 0.651. The van der Waals surface area contributed by atoms with Crippen LogP contribution in [0.3, 0.4) is 0 Å². The smallest absolute Gasteiger partial charge is 0.191 e. The average molecular weight is 384 g/mol. The fourth-order valence-corrected chi connectivity index (χ4v) is 3.64. The number of hydrogen-bond donors (Lipinski definition) is 2. The van der Waals surface area contributed by atoms with E-state index in [0.29, 0.717) is 6.54 Å². The Labute approximate surface area is 168 Å². The largest absolute Gasteiger partial charge is 0.372 e. The van der Waals surface area contributed by atoms with E-state index in [1.54, 1.807) is 0 Å². The zero-order valence-electron chi connectivity index (χ0n) is 17.2. The predicted molar refractivity (Wildman–Crippen MR) is 115 cm³/mol. The van der Waals surface area contributed by atoms with Crippen LogP contribution in [0.4, 0.5) is 5.69 Å². The number of benzene rings is 1. The Balaban J connectivity index is 1.42. The predicted octanol–water partition coefficient (Wildman–Crippen LogP) is 2.59. The highest BCUT2D eigenvalue weighted by Gasteiger charge is 2.14. The number of para-hydroxylation sites is 1. The molecule has 0 amide bonds. The molecule has 2 N–H and O–H groups in total. The van der Waals surface area contributed by atoms with Gasteiger partial charge >= 0.3 is 0 Å². The zero-order chi connectivity index (χ0) is 19.6. The minimum absolute atomic E-state index is 0.651. The van der Waals surface area contributed by atoms with Crippen LogP contribution in [0.1, 0.15) is 44.3 Å². The van der Waals surface area contributed by atoms with Gasteiger partial charge in [-0.1, -0.05) is 24.6 Å². The molecule has 28 heavy (non-hydrogen) atoms. The van der Waals surface area contributed by atoms with Gasteiger partial charge in [-0.05, 0) is 38.3 Å². The third-order valence-electron chi connectivity index (χ3n) is 5.22. The molecule has 0 fully saturated rings. The summed E-state index contributed by atoms with van der Waals surface area (Å²) in [5.41, 5.74) is 1.28. The highest BCUT2D eigenvalue weighted by molar-refractivity contribution is 5.79. The van der Waals surface area contributed by atoms with Crippen molar-refractivity contribution in [1.82, 2.24) is 25.4 Å². The number of fused-ring (bicyclic) bond motifs is 1. The Morgan fingerprint density at radius 2 is 2.00 bits per heavy atom. The van der Waals surface area contributed by atoms with Crippen LogP contribution in [0.15, 0.2) is 35.3 Å². The van der Waals surface area contributed by atoms with Crippen LogP contribution < -0.4 is 15.5 Å². The monoisotopic (exact) mass is 383 g/mol. The molecule has 0 atom stereocenters. The fraction of sp³-hybridized carbons (Fsp3) is 0.571. The Kier molecular flexibility index (Phi) is 7.70. The SMILES string of the molecule is CCN(CCCNC(=NC)NCc1nnc2n1CCCCC2)c1ccccc1. The molecule has 0 aliphatic carbocycles. The molecular formula is C21H33N7. The van der Waals surface area contributed by atoms with Crippen LogP contribution in [0.5, 0.6) is 0 Å². The van der Waals surface area contributed by atoms with E-state index in [1.807, 2.05) is 7.05 Å². The van der Waals surface area contributed by atoms with Crippen molar-refractivity contribution in [2.24, 2.45) is 4.99 Å². The fourth-order valence-electron chi connectivity index (χ4n) is 3.64. The second-order valence-corrected chi connectivity index (χ2v) is 7.12. The van der Waals surface area contributed by atoms with E-state index in [2.05, 4.69) is 72.5 Å². The Hall–Kier alpha value is -2.57. The van der Waals surface area contributed by atoms with E-state index >= 15 is 0 Å². The number of rotatable bonds is 8. The van der Waals surface area contributed by atoms with Crippen molar-refractivity contribution < 1.29 is 0 Å². The van der Waals surface area contributed by atoms with Crippen LogP contribution in [-0.4, -0.2) is 47.4 Å². The summed E-state index contributed by atoms with van der Waals surface area (Å²) >= 11 is 0. The molecule has 7 heteroatoms. The van der Waals surface area contributed by atoms with Crippen molar-refractivity contribution in [3.8, 4) is 0 Å². The maximum Gasteiger partial charge on any atom is 0.191 e. The number of nitrogens with one attached hydrogen (secondary N) is 2. The molecule has 0 saturated carbocycles. The van der Waals surface area contributed by atoms with E-state index in [0.717, 1.165) is 56.6 Å². The lowest BCUT2D eigenvalue weighted by Gasteiger charge is -2.23. The van der Waals surface area contributed by atoms with E-state index in [1.165, 1.54) is 24.9 Å². The number of guanidine groups is 1. The number of hydrogen-bond acceptors (Lipinski definition) is 4. The second kappa shape index (κ2) is 10.7. The van der Waals surface area contributed by atoms with Crippen molar-refractivity contribution in [2.45, 2.75) is 52.1 Å². The van der Waals surface area contributed by atoms with Crippen molar-refractivity contribution >= 4 is 11.6 Å². The minimum Gasteiger partial charge on any atom is -0.372 e. The molecule has 0 radical (unpaired) electrons. The first-order chi connectivity index (χ1) is 13.8. The number of aryl methyl sites for hydroxylation is 1. The lowest BCUT2D eigenvalue weighted by molar-refractivity contribution is 0.596. The van der Waals surface area contributed by atoms with Crippen LogP contribution in [0.25, 0.3) is 0 Å². The van der Waals surface area contributed by atoms with E-state index in [4.69, 9.17) is 0 Å². The van der Waals surface area contributed by atoms with Crippen LogP contribution in [0, 0.1) is 0 Å². The van der Waals surface area contributed by atoms with Crippen LogP contribution in [0.2, 0.25) is 0 Å². The summed E-state index contributed by atoms with van der Waals surface area (Å²) in [4.78, 5) is 6.73. The third kappa shape index (κ3) is 5.47. The number of anilines is 1. The molecule has 0 spiro atoms. The summed E-state index contributed by atoms with van der Waals surface area (Å²) in [6, 6.07) is 10.6. The second-order valence-electron chi connectivity index (χ2n) is 7.12. The van der Waals surface area contributed by atoms with Gasteiger partial charge < -0.3 is 20.1 Å². The van der Waals surface area contributed by atoms with Crippen molar-refractivity contribution in [2.75, 3.05) is 31.6 Å². The molecular weight excluding hydrogens is 350 g/mol. The Morgan fingerprint density at radius 1 is 1.14 bits per heavy atom. The molecule has 1 aliphatic rings. The highest BCUT2D eigenvalue weighted by Crippen LogP contribution is 2.14. The van der Waals surface area contributed by atoms with Crippen LogP contribution in [-0.2, 0) is 19.5 Å². The van der Waals surface area contributed by atoms with Gasteiger partial charge in [0, 0.05) is 45.3 Å². The molecule has 1 aliphatic heterocycles. The normalized spacial score (nSPS) is 14.3. The molecule has 0 bridgehead atoms. The third-order valence-corrected chi connectivity index (χ3v) is 5.22. The summed E-state index contributed by atoms with van der Waals surface area (Å²) in [7, 11) is 1.81. The van der Waals surface area contributed by atoms with Gasteiger partial charge in [-0.15, -0.1) is 10.2 Å². The molecule has 2 aromatic rings. The highest BCUT2D eigenvalue weighted by atomic mass is 15.3. The molecule has 0 unspecified atom stereocenters. The van der Waals surface area contributed by atoms with Gasteiger partial charge in [0.05, 0.1) is 6.54 Å². The van der Waals surface area contributed by atoms with Crippen molar-refractivity contribution in [3.05, 3.63) is 42.0 Å². The summed E-state index contributed by atoms with van der Waals surface area (Å²) in [6.45, 7) is 6.77. The zero-order valence-corrected chi connectivity index (χ0v) is 17.2. The molecule has 2 heterocycles. The van der Waals surface area contributed by atoms with E-state index < -0.39 is 0 Å². The standard InChI is InChI=1S/C21H33N7/c1-3-27(18-11-6-4-7-12-18)15-10-14-23-21(22-2)24-17-20-26-25-19-13-8-5-9-16-28(19)20/h4,6-7,11-12H,3,5,8-10,13-17H2,1-2H3,(H2,22,23,24). The first kappa shape index (κ1) is 20.2.